The fourth-order valence-corrected chi connectivity index (χ4v) is 3.31. The molecule has 23 heavy (non-hydrogen) atoms. The van der Waals surface area contributed by atoms with Gasteiger partial charge in [-0.1, -0.05) is 19.3 Å². The van der Waals surface area contributed by atoms with Crippen molar-refractivity contribution in [2.24, 2.45) is 5.92 Å². The predicted octanol–water partition coefficient (Wildman–Crippen LogP) is 2.01. The summed E-state index contributed by atoms with van der Waals surface area (Å²) >= 11 is 0. The summed E-state index contributed by atoms with van der Waals surface area (Å²) in [5, 5.41) is 12.7. The molecule has 2 aliphatic rings. The number of anilines is 2. The van der Waals surface area contributed by atoms with E-state index >= 15 is 0 Å². The molecule has 2 aliphatic carbocycles. The van der Waals surface area contributed by atoms with E-state index in [2.05, 4.69) is 20.3 Å². The molecule has 0 aromatic carbocycles. The van der Waals surface area contributed by atoms with Gasteiger partial charge in [-0.3, -0.25) is 4.57 Å². The Morgan fingerprint density at radius 1 is 1.30 bits per heavy atom. The first-order valence-corrected chi connectivity index (χ1v) is 8.32. The molecule has 0 amide bonds. The zero-order valence-corrected chi connectivity index (χ0v) is 13.1. The molecule has 122 valence electrons. The number of aliphatic hydroxyl groups is 1. The number of aromatic nitrogens is 4. The summed E-state index contributed by atoms with van der Waals surface area (Å²) < 4.78 is 1.88. The molecule has 7 heteroatoms. The molecule has 0 radical (unpaired) electrons. The van der Waals surface area contributed by atoms with Crippen molar-refractivity contribution in [1.82, 2.24) is 19.5 Å². The summed E-state index contributed by atoms with van der Waals surface area (Å²) in [4.78, 5) is 13.2. The first-order chi connectivity index (χ1) is 11.2. The van der Waals surface area contributed by atoms with E-state index in [1.807, 2.05) is 10.8 Å². The van der Waals surface area contributed by atoms with Gasteiger partial charge in [0.15, 0.2) is 17.0 Å². The standard InChI is InChI=1S/C16H22N6O/c17-16-20-14(19-12-4-2-1-3-5-12)13-15(21-16)22(9-18-13)7-10-6-11(10)8-23/h7,9,11-12,23H,1-6,8H2,(H3,17,19,20,21)/t11-/m1/s1. The van der Waals surface area contributed by atoms with E-state index in [0.717, 1.165) is 30.6 Å². The first kappa shape index (κ1) is 14.4. The van der Waals surface area contributed by atoms with Gasteiger partial charge in [-0.05, 0) is 24.8 Å². The smallest absolute Gasteiger partial charge is 0.224 e. The lowest BCUT2D eigenvalue weighted by atomic mass is 9.95. The number of fused-ring (bicyclic) bond motifs is 1. The summed E-state index contributed by atoms with van der Waals surface area (Å²) in [6, 6.07) is 0.437. The summed E-state index contributed by atoms with van der Waals surface area (Å²) in [7, 11) is 0. The lowest BCUT2D eigenvalue weighted by Gasteiger charge is -2.23. The highest BCUT2D eigenvalue weighted by Crippen LogP contribution is 2.38. The second kappa shape index (κ2) is 5.81. The van der Waals surface area contributed by atoms with Crippen LogP contribution >= 0.6 is 0 Å². The van der Waals surface area contributed by atoms with Gasteiger partial charge < -0.3 is 16.2 Å². The monoisotopic (exact) mass is 314 g/mol. The molecule has 7 nitrogen and oxygen atoms in total. The predicted molar refractivity (Wildman–Crippen MR) is 89.7 cm³/mol. The van der Waals surface area contributed by atoms with Crippen LogP contribution in [0.1, 0.15) is 38.5 Å². The van der Waals surface area contributed by atoms with E-state index in [1.165, 1.54) is 24.8 Å². The first-order valence-electron chi connectivity index (χ1n) is 8.32. The van der Waals surface area contributed by atoms with E-state index in [-0.39, 0.29) is 18.5 Å². The maximum absolute atomic E-state index is 9.17. The SMILES string of the molecule is Nc1nc(NC2CCCCC2)c2ncn(C=C3C[C@@H]3CO)c2n1. The molecule has 0 bridgehead atoms. The van der Waals surface area contributed by atoms with Crippen LogP contribution in [0, 0.1) is 5.92 Å². The van der Waals surface area contributed by atoms with Crippen molar-refractivity contribution in [3.05, 3.63) is 11.9 Å². The molecule has 0 spiro atoms. The molecule has 2 saturated carbocycles. The van der Waals surface area contributed by atoms with E-state index in [9.17, 15) is 0 Å². The molecule has 2 aromatic heterocycles. The van der Waals surface area contributed by atoms with Crippen LogP contribution in [-0.2, 0) is 0 Å². The maximum atomic E-state index is 9.17. The fourth-order valence-electron chi connectivity index (χ4n) is 3.31. The number of nitrogen functional groups attached to an aromatic ring is 1. The Kier molecular flexibility index (Phi) is 3.65. The van der Waals surface area contributed by atoms with Gasteiger partial charge in [0, 0.05) is 24.8 Å². The molecule has 4 rings (SSSR count). The highest BCUT2D eigenvalue weighted by molar-refractivity contribution is 5.85. The second-order valence-corrected chi connectivity index (χ2v) is 6.52. The van der Waals surface area contributed by atoms with E-state index in [4.69, 9.17) is 10.8 Å². The van der Waals surface area contributed by atoms with E-state index in [0.29, 0.717) is 11.7 Å². The third-order valence-electron chi connectivity index (χ3n) is 4.76. The molecule has 2 aromatic rings. The molecule has 2 fully saturated rings. The molecule has 4 N–H and O–H groups in total. The Morgan fingerprint density at radius 2 is 2.13 bits per heavy atom. The Balaban J connectivity index is 1.66. The van der Waals surface area contributed by atoms with E-state index < -0.39 is 0 Å². The fraction of sp³-hybridized carbons (Fsp3) is 0.562. The quantitative estimate of drug-likeness (QED) is 0.798. The van der Waals surface area contributed by atoms with Crippen molar-refractivity contribution in [2.75, 3.05) is 17.7 Å². The minimum atomic E-state index is 0.198. The molecule has 0 unspecified atom stereocenters. The van der Waals surface area contributed by atoms with Gasteiger partial charge >= 0.3 is 0 Å². The van der Waals surface area contributed by atoms with Crippen molar-refractivity contribution in [3.63, 3.8) is 0 Å². The normalized spacial score (nSPS) is 23.5. The zero-order valence-electron chi connectivity index (χ0n) is 13.1. The zero-order chi connectivity index (χ0) is 15.8. The number of imidazole rings is 1. The van der Waals surface area contributed by atoms with Gasteiger partial charge in [-0.2, -0.15) is 9.97 Å². The topological polar surface area (TPSA) is 102 Å². The summed E-state index contributed by atoms with van der Waals surface area (Å²) in [5.41, 5.74) is 8.57. The number of rotatable bonds is 4. The molecular formula is C16H22N6O. The van der Waals surface area contributed by atoms with Crippen molar-refractivity contribution in [1.29, 1.82) is 0 Å². The molecule has 0 aliphatic heterocycles. The number of hydrogen-bond donors (Lipinski definition) is 3. The Hall–Kier alpha value is -2.15. The van der Waals surface area contributed by atoms with Crippen LogP contribution in [0.2, 0.25) is 0 Å². The van der Waals surface area contributed by atoms with Crippen molar-refractivity contribution < 1.29 is 5.11 Å². The Morgan fingerprint density at radius 3 is 2.87 bits per heavy atom. The summed E-state index contributed by atoms with van der Waals surface area (Å²) in [5.74, 6) is 1.27. The van der Waals surface area contributed by atoms with Crippen LogP contribution in [0.15, 0.2) is 11.9 Å². The highest BCUT2D eigenvalue weighted by Gasteiger charge is 2.29. The Bertz CT molecular complexity index is 746. The van der Waals surface area contributed by atoms with Gasteiger partial charge in [0.2, 0.25) is 5.95 Å². The summed E-state index contributed by atoms with van der Waals surface area (Å²) in [6.45, 7) is 0.198. The number of aliphatic hydroxyl groups excluding tert-OH is 1. The maximum Gasteiger partial charge on any atom is 0.224 e. The number of nitrogens with two attached hydrogens (primary N) is 1. The average molecular weight is 314 g/mol. The van der Waals surface area contributed by atoms with Crippen molar-refractivity contribution >= 4 is 29.1 Å². The van der Waals surface area contributed by atoms with Gasteiger partial charge in [-0.15, -0.1) is 0 Å². The average Bonchev–Trinajstić information content (AvgIpc) is 3.20. The van der Waals surface area contributed by atoms with Gasteiger partial charge in [0.05, 0.1) is 0 Å². The van der Waals surface area contributed by atoms with Crippen LogP contribution in [0.4, 0.5) is 11.8 Å². The lowest BCUT2D eigenvalue weighted by Crippen LogP contribution is -2.23. The summed E-state index contributed by atoms with van der Waals surface area (Å²) in [6.07, 6.45) is 10.8. The van der Waals surface area contributed by atoms with Crippen molar-refractivity contribution in [3.8, 4) is 0 Å². The highest BCUT2D eigenvalue weighted by atomic mass is 16.3. The molecule has 1 atom stereocenters. The third kappa shape index (κ3) is 2.88. The van der Waals surface area contributed by atoms with Crippen LogP contribution in [0.5, 0.6) is 0 Å². The van der Waals surface area contributed by atoms with E-state index in [1.54, 1.807) is 6.33 Å². The minimum Gasteiger partial charge on any atom is -0.396 e. The minimum absolute atomic E-state index is 0.198. The van der Waals surface area contributed by atoms with Crippen LogP contribution in [0.3, 0.4) is 0 Å². The molecular weight excluding hydrogens is 292 g/mol. The molecule has 0 saturated heterocycles. The number of nitrogens with one attached hydrogen (secondary N) is 1. The lowest BCUT2D eigenvalue weighted by molar-refractivity contribution is 0.281. The van der Waals surface area contributed by atoms with Gasteiger partial charge in [0.1, 0.15) is 6.33 Å². The van der Waals surface area contributed by atoms with Crippen LogP contribution in [0.25, 0.3) is 17.4 Å². The third-order valence-corrected chi connectivity index (χ3v) is 4.76. The van der Waals surface area contributed by atoms with Gasteiger partial charge in [0.25, 0.3) is 0 Å². The van der Waals surface area contributed by atoms with Crippen LogP contribution in [-0.4, -0.2) is 37.3 Å². The largest absolute Gasteiger partial charge is 0.396 e. The Labute approximate surface area is 134 Å². The van der Waals surface area contributed by atoms with Crippen LogP contribution < -0.4 is 11.1 Å². The van der Waals surface area contributed by atoms with Gasteiger partial charge in [-0.25, -0.2) is 4.98 Å². The number of hydrogen-bond acceptors (Lipinski definition) is 6. The molecule has 2 heterocycles. The second-order valence-electron chi connectivity index (χ2n) is 6.52. The van der Waals surface area contributed by atoms with Crippen molar-refractivity contribution in [2.45, 2.75) is 44.6 Å². The number of nitrogens with zero attached hydrogens (tertiary/aromatic N) is 4.